The van der Waals surface area contributed by atoms with Crippen LogP contribution in [0, 0.1) is 5.92 Å². The molecule has 1 heterocycles. The monoisotopic (exact) mass is 242 g/mol. The smallest absolute Gasteiger partial charge is 0.320 e. The summed E-state index contributed by atoms with van der Waals surface area (Å²) < 4.78 is 9.83. The Morgan fingerprint density at radius 1 is 1.35 bits per heavy atom. The third kappa shape index (κ3) is 4.36. The molecule has 17 heavy (non-hydrogen) atoms. The molecule has 1 rings (SSSR count). The van der Waals surface area contributed by atoms with E-state index in [-0.39, 0.29) is 6.10 Å². The van der Waals surface area contributed by atoms with Crippen LogP contribution in [-0.4, -0.2) is 25.2 Å². The highest BCUT2D eigenvalue weighted by molar-refractivity contribution is 5.95. The van der Waals surface area contributed by atoms with Gasteiger partial charge in [-0.1, -0.05) is 26.2 Å². The van der Waals surface area contributed by atoms with Gasteiger partial charge in [0, 0.05) is 0 Å². The fraction of sp³-hybridized carbons (Fsp3) is 0.846. The molecule has 1 aliphatic heterocycles. The van der Waals surface area contributed by atoms with E-state index in [1.165, 1.54) is 26.4 Å². The lowest BCUT2D eigenvalue weighted by molar-refractivity contribution is -0.170. The van der Waals surface area contributed by atoms with Crippen LogP contribution >= 0.6 is 0 Å². The van der Waals surface area contributed by atoms with Crippen LogP contribution in [0.1, 0.15) is 51.9 Å². The Balaban J connectivity index is 2.27. The summed E-state index contributed by atoms with van der Waals surface area (Å²) in [6.45, 7) is 2.17. The van der Waals surface area contributed by atoms with Crippen LogP contribution in [0.4, 0.5) is 0 Å². The summed E-state index contributed by atoms with van der Waals surface area (Å²) in [7, 11) is 1.30. The second-order valence-corrected chi connectivity index (χ2v) is 4.56. The molecule has 4 heteroatoms. The Bertz CT molecular complexity index is 262. The largest absolute Gasteiger partial charge is 0.468 e. The third-order valence-corrected chi connectivity index (χ3v) is 3.21. The Hall–Kier alpha value is -1.06. The number of methoxy groups -OCH3 is 1. The highest BCUT2D eigenvalue weighted by Crippen LogP contribution is 2.24. The maximum atomic E-state index is 11.6. The molecule has 0 aromatic rings. The first-order chi connectivity index (χ1) is 8.19. The maximum absolute atomic E-state index is 11.6. The quantitative estimate of drug-likeness (QED) is 0.408. The number of esters is 2. The van der Waals surface area contributed by atoms with Crippen molar-refractivity contribution in [3.8, 4) is 0 Å². The Morgan fingerprint density at radius 3 is 2.71 bits per heavy atom. The Labute approximate surface area is 103 Å². The molecule has 0 aromatic heterocycles. The zero-order valence-corrected chi connectivity index (χ0v) is 10.7. The first-order valence-electron chi connectivity index (χ1n) is 6.47. The van der Waals surface area contributed by atoms with Crippen LogP contribution in [0.15, 0.2) is 0 Å². The molecule has 0 aliphatic carbocycles. The lowest BCUT2D eigenvalue weighted by Crippen LogP contribution is -2.36. The predicted molar refractivity (Wildman–Crippen MR) is 63.4 cm³/mol. The number of cyclic esters (lactones) is 1. The standard InChI is InChI=1S/C13H22O4/c1-3-4-5-6-7-10-8-9-11(12(14)16-2)13(15)17-10/h10-11H,3-9H2,1-2H3. The first-order valence-corrected chi connectivity index (χ1v) is 6.47. The minimum absolute atomic E-state index is 0.000243. The van der Waals surface area contributed by atoms with Gasteiger partial charge >= 0.3 is 11.9 Å². The van der Waals surface area contributed by atoms with E-state index in [1.54, 1.807) is 0 Å². The van der Waals surface area contributed by atoms with Gasteiger partial charge in [-0.2, -0.15) is 0 Å². The number of carbonyl (C=O) groups is 2. The predicted octanol–water partition coefficient (Wildman–Crippen LogP) is 2.45. The van der Waals surface area contributed by atoms with Gasteiger partial charge in [0.05, 0.1) is 7.11 Å². The molecule has 2 unspecified atom stereocenters. The molecular weight excluding hydrogens is 220 g/mol. The van der Waals surface area contributed by atoms with E-state index < -0.39 is 17.9 Å². The van der Waals surface area contributed by atoms with Crippen molar-refractivity contribution in [1.29, 1.82) is 0 Å². The Morgan fingerprint density at radius 2 is 2.12 bits per heavy atom. The second-order valence-electron chi connectivity index (χ2n) is 4.56. The van der Waals surface area contributed by atoms with Gasteiger partial charge in [-0.05, 0) is 25.7 Å². The van der Waals surface area contributed by atoms with Crippen molar-refractivity contribution in [2.75, 3.05) is 7.11 Å². The molecule has 1 fully saturated rings. The van der Waals surface area contributed by atoms with Gasteiger partial charge < -0.3 is 9.47 Å². The van der Waals surface area contributed by atoms with Gasteiger partial charge in [0.25, 0.3) is 0 Å². The number of hydrogen-bond donors (Lipinski definition) is 0. The number of ether oxygens (including phenoxy) is 2. The molecule has 1 aliphatic rings. The molecule has 0 saturated carbocycles. The van der Waals surface area contributed by atoms with Crippen LogP contribution in [0.25, 0.3) is 0 Å². The van der Waals surface area contributed by atoms with E-state index in [9.17, 15) is 9.59 Å². The fourth-order valence-electron chi connectivity index (χ4n) is 2.13. The van der Waals surface area contributed by atoms with Gasteiger partial charge in [0.15, 0.2) is 5.92 Å². The van der Waals surface area contributed by atoms with E-state index in [0.717, 1.165) is 19.3 Å². The van der Waals surface area contributed by atoms with Crippen molar-refractivity contribution in [2.24, 2.45) is 5.92 Å². The molecule has 2 atom stereocenters. The molecule has 0 aromatic carbocycles. The summed E-state index contributed by atoms with van der Waals surface area (Å²) in [5, 5.41) is 0. The van der Waals surface area contributed by atoms with Crippen molar-refractivity contribution < 1.29 is 19.1 Å². The third-order valence-electron chi connectivity index (χ3n) is 3.21. The molecule has 0 bridgehead atoms. The summed E-state index contributed by atoms with van der Waals surface area (Å²) in [5.74, 6) is -1.59. The van der Waals surface area contributed by atoms with Crippen molar-refractivity contribution in [3.63, 3.8) is 0 Å². The maximum Gasteiger partial charge on any atom is 0.320 e. The number of hydrogen-bond acceptors (Lipinski definition) is 4. The van der Waals surface area contributed by atoms with Crippen LogP contribution < -0.4 is 0 Å². The van der Waals surface area contributed by atoms with E-state index in [2.05, 4.69) is 11.7 Å². The summed E-state index contributed by atoms with van der Waals surface area (Å²) in [6.07, 6.45) is 6.96. The Kier molecular flexibility index (Phi) is 6.01. The van der Waals surface area contributed by atoms with Crippen LogP contribution in [0.5, 0.6) is 0 Å². The average molecular weight is 242 g/mol. The van der Waals surface area contributed by atoms with Crippen LogP contribution in [0.3, 0.4) is 0 Å². The van der Waals surface area contributed by atoms with E-state index in [1.807, 2.05) is 0 Å². The van der Waals surface area contributed by atoms with Gasteiger partial charge in [0.2, 0.25) is 0 Å². The molecule has 0 N–H and O–H groups in total. The molecule has 0 amide bonds. The van der Waals surface area contributed by atoms with E-state index in [4.69, 9.17) is 4.74 Å². The normalized spacial score (nSPS) is 24.2. The number of rotatable bonds is 6. The topological polar surface area (TPSA) is 52.6 Å². The highest BCUT2D eigenvalue weighted by atomic mass is 16.6. The molecular formula is C13H22O4. The minimum Gasteiger partial charge on any atom is -0.468 e. The average Bonchev–Trinajstić information content (AvgIpc) is 2.34. The molecule has 4 nitrogen and oxygen atoms in total. The SMILES string of the molecule is CCCCCCC1CCC(C(=O)OC)C(=O)O1. The van der Waals surface area contributed by atoms with Crippen molar-refractivity contribution >= 4 is 11.9 Å². The molecule has 1 saturated heterocycles. The summed E-state index contributed by atoms with van der Waals surface area (Å²) in [4.78, 5) is 22.8. The summed E-state index contributed by atoms with van der Waals surface area (Å²) in [5.41, 5.74) is 0. The molecule has 98 valence electrons. The first kappa shape index (κ1) is 14.0. The lowest BCUT2D eigenvalue weighted by atomic mass is 9.95. The highest BCUT2D eigenvalue weighted by Gasteiger charge is 2.35. The van der Waals surface area contributed by atoms with Crippen molar-refractivity contribution in [3.05, 3.63) is 0 Å². The van der Waals surface area contributed by atoms with Gasteiger partial charge in [0.1, 0.15) is 6.10 Å². The minimum atomic E-state index is -0.702. The fourth-order valence-corrected chi connectivity index (χ4v) is 2.13. The van der Waals surface area contributed by atoms with Gasteiger partial charge in [-0.25, -0.2) is 0 Å². The molecule has 0 radical (unpaired) electrons. The van der Waals surface area contributed by atoms with Crippen molar-refractivity contribution in [1.82, 2.24) is 0 Å². The number of unbranched alkanes of at least 4 members (excludes halogenated alkanes) is 3. The zero-order valence-electron chi connectivity index (χ0n) is 10.7. The van der Waals surface area contributed by atoms with E-state index in [0.29, 0.717) is 6.42 Å². The lowest BCUT2D eigenvalue weighted by Gasteiger charge is -2.26. The summed E-state index contributed by atoms with van der Waals surface area (Å²) >= 11 is 0. The van der Waals surface area contributed by atoms with Crippen LogP contribution in [-0.2, 0) is 19.1 Å². The zero-order chi connectivity index (χ0) is 12.7. The molecule has 0 spiro atoms. The van der Waals surface area contributed by atoms with E-state index >= 15 is 0 Å². The second kappa shape index (κ2) is 7.30. The van der Waals surface area contributed by atoms with Crippen LogP contribution in [0.2, 0.25) is 0 Å². The van der Waals surface area contributed by atoms with Crippen molar-refractivity contribution in [2.45, 2.75) is 58.0 Å². The van der Waals surface area contributed by atoms with Gasteiger partial charge in [-0.15, -0.1) is 0 Å². The number of carbonyl (C=O) groups excluding carboxylic acids is 2. The summed E-state index contributed by atoms with van der Waals surface area (Å²) in [6, 6.07) is 0. The van der Waals surface area contributed by atoms with Gasteiger partial charge in [-0.3, -0.25) is 9.59 Å².